The van der Waals surface area contributed by atoms with Gasteiger partial charge in [-0.15, -0.1) is 0 Å². The molecule has 1 amide bonds. The quantitative estimate of drug-likeness (QED) is 0.626. The first-order chi connectivity index (χ1) is 13.3. The van der Waals surface area contributed by atoms with Crippen molar-refractivity contribution in [1.82, 2.24) is 4.57 Å². The summed E-state index contributed by atoms with van der Waals surface area (Å²) in [5, 5.41) is -0.506. The average Bonchev–Trinajstić information content (AvgIpc) is 3.04. The Morgan fingerprint density at radius 1 is 1.11 bits per heavy atom. The minimum absolute atomic E-state index is 0.220. The molecule has 148 valence electrons. The van der Waals surface area contributed by atoms with Crippen LogP contribution >= 0.6 is 11.3 Å². The molecular formula is C21H24N2O3S2. The van der Waals surface area contributed by atoms with Crippen molar-refractivity contribution >= 4 is 37.3 Å². The lowest BCUT2D eigenvalue weighted by molar-refractivity contribution is 0.0997. The molecule has 0 N–H and O–H groups in total. The van der Waals surface area contributed by atoms with E-state index < -0.39 is 15.1 Å². The van der Waals surface area contributed by atoms with E-state index in [1.807, 2.05) is 19.1 Å². The van der Waals surface area contributed by atoms with Crippen LogP contribution in [0.1, 0.15) is 43.6 Å². The molecule has 7 heteroatoms. The average molecular weight is 417 g/mol. The van der Waals surface area contributed by atoms with Gasteiger partial charge >= 0.3 is 0 Å². The van der Waals surface area contributed by atoms with Gasteiger partial charge in [0.25, 0.3) is 5.91 Å². The summed E-state index contributed by atoms with van der Waals surface area (Å²) in [6.07, 6.45) is 0.910. The van der Waals surface area contributed by atoms with Crippen molar-refractivity contribution in [2.45, 2.75) is 50.8 Å². The Morgan fingerprint density at radius 3 is 2.36 bits per heavy atom. The maximum Gasteiger partial charge on any atom is 0.279 e. The fourth-order valence-corrected chi connectivity index (χ4v) is 5.28. The van der Waals surface area contributed by atoms with Crippen LogP contribution in [0.5, 0.6) is 0 Å². The van der Waals surface area contributed by atoms with Gasteiger partial charge in [0.2, 0.25) is 0 Å². The molecule has 2 aromatic carbocycles. The molecule has 3 rings (SSSR count). The Kier molecular flexibility index (Phi) is 5.86. The zero-order valence-electron chi connectivity index (χ0n) is 16.5. The molecule has 0 fully saturated rings. The standard InChI is InChI=1S/C21H24N2O3S2/c1-5-15-8-7-9-18-19(15)23(6-2)21(27-18)22-20(24)16-10-12-17(13-11-16)28(25,26)14(3)4/h7-14H,5-6H2,1-4H3. The fraction of sp³-hybridized carbons (Fsp3) is 0.333. The number of carbonyl (C=O) groups excluding carboxylic acids is 1. The second-order valence-corrected chi connectivity index (χ2v) is 10.3. The second kappa shape index (κ2) is 8.01. The number of carbonyl (C=O) groups is 1. The van der Waals surface area contributed by atoms with E-state index in [9.17, 15) is 13.2 Å². The number of aryl methyl sites for hydroxylation is 2. The molecule has 0 aliphatic carbocycles. The lowest BCUT2D eigenvalue weighted by atomic mass is 10.1. The Morgan fingerprint density at radius 2 is 1.79 bits per heavy atom. The van der Waals surface area contributed by atoms with Crippen molar-refractivity contribution in [3.8, 4) is 0 Å². The summed E-state index contributed by atoms with van der Waals surface area (Å²) >= 11 is 1.49. The lowest BCUT2D eigenvalue weighted by Gasteiger charge is -2.07. The van der Waals surface area contributed by atoms with Crippen molar-refractivity contribution < 1.29 is 13.2 Å². The highest BCUT2D eigenvalue weighted by Crippen LogP contribution is 2.22. The summed E-state index contributed by atoms with van der Waals surface area (Å²) in [4.78, 5) is 17.9. The molecule has 0 saturated carbocycles. The molecule has 0 radical (unpaired) electrons. The number of thiazole rings is 1. The number of amides is 1. The van der Waals surface area contributed by atoms with Crippen molar-refractivity contribution in [2.75, 3.05) is 0 Å². The molecule has 28 heavy (non-hydrogen) atoms. The normalized spacial score (nSPS) is 12.8. The minimum Gasteiger partial charge on any atom is -0.316 e. The minimum atomic E-state index is -3.36. The largest absolute Gasteiger partial charge is 0.316 e. The van der Waals surface area contributed by atoms with Gasteiger partial charge in [0, 0.05) is 12.1 Å². The number of fused-ring (bicyclic) bond motifs is 1. The molecule has 5 nitrogen and oxygen atoms in total. The van der Waals surface area contributed by atoms with E-state index in [1.54, 1.807) is 13.8 Å². The Balaban J connectivity index is 2.04. The van der Waals surface area contributed by atoms with Gasteiger partial charge in [-0.2, -0.15) is 4.99 Å². The molecule has 0 aliphatic heterocycles. The zero-order valence-corrected chi connectivity index (χ0v) is 18.1. The monoisotopic (exact) mass is 416 g/mol. The maximum absolute atomic E-state index is 12.7. The number of sulfone groups is 1. The SMILES string of the molecule is CCc1cccc2sc(=NC(=O)c3ccc(S(=O)(=O)C(C)C)cc3)n(CC)c12. The van der Waals surface area contributed by atoms with E-state index in [-0.39, 0.29) is 10.8 Å². The van der Waals surface area contributed by atoms with Gasteiger partial charge in [0.05, 0.1) is 20.4 Å². The number of rotatable bonds is 5. The number of hydrogen-bond acceptors (Lipinski definition) is 4. The number of nitrogens with zero attached hydrogens (tertiary/aromatic N) is 2. The van der Waals surface area contributed by atoms with E-state index in [1.165, 1.54) is 41.2 Å². The number of aromatic nitrogens is 1. The maximum atomic E-state index is 12.7. The van der Waals surface area contributed by atoms with E-state index in [0.29, 0.717) is 16.9 Å². The van der Waals surface area contributed by atoms with Crippen LogP contribution in [0, 0.1) is 0 Å². The van der Waals surface area contributed by atoms with Gasteiger partial charge in [-0.1, -0.05) is 30.4 Å². The molecule has 1 aromatic heterocycles. The van der Waals surface area contributed by atoms with Crippen LogP contribution in [-0.4, -0.2) is 24.1 Å². The van der Waals surface area contributed by atoms with Gasteiger partial charge in [-0.3, -0.25) is 4.79 Å². The van der Waals surface area contributed by atoms with E-state index >= 15 is 0 Å². The van der Waals surface area contributed by atoms with Crippen molar-refractivity contribution in [3.05, 3.63) is 58.4 Å². The van der Waals surface area contributed by atoms with Crippen molar-refractivity contribution in [3.63, 3.8) is 0 Å². The third-order valence-corrected chi connectivity index (χ3v) is 7.94. The molecule has 1 heterocycles. The van der Waals surface area contributed by atoms with Crippen LogP contribution in [0.3, 0.4) is 0 Å². The fourth-order valence-electron chi connectivity index (χ4n) is 3.08. The first-order valence-electron chi connectivity index (χ1n) is 9.33. The molecule has 0 bridgehead atoms. The zero-order chi connectivity index (χ0) is 20.5. The molecule has 0 spiro atoms. The predicted octanol–water partition coefficient (Wildman–Crippen LogP) is 4.21. The predicted molar refractivity (Wildman–Crippen MR) is 114 cm³/mol. The molecule has 0 atom stereocenters. The first kappa shape index (κ1) is 20.5. The van der Waals surface area contributed by atoms with Crippen LogP contribution in [-0.2, 0) is 22.8 Å². The molecule has 0 saturated heterocycles. The highest BCUT2D eigenvalue weighted by molar-refractivity contribution is 7.92. The van der Waals surface area contributed by atoms with Crippen LogP contribution in [0.15, 0.2) is 52.4 Å². The Labute approximate surface area is 169 Å². The summed E-state index contributed by atoms with van der Waals surface area (Å²) in [6.45, 7) is 8.14. The highest BCUT2D eigenvalue weighted by atomic mass is 32.2. The van der Waals surface area contributed by atoms with Crippen LogP contribution in [0.25, 0.3) is 10.2 Å². The second-order valence-electron chi connectivity index (χ2n) is 6.78. The van der Waals surface area contributed by atoms with Crippen LogP contribution < -0.4 is 4.80 Å². The summed E-state index contributed by atoms with van der Waals surface area (Å²) in [6, 6.07) is 12.2. The third-order valence-electron chi connectivity index (χ3n) is 4.73. The summed E-state index contributed by atoms with van der Waals surface area (Å²) in [5.74, 6) is -0.375. The van der Waals surface area contributed by atoms with Gasteiger partial charge < -0.3 is 4.57 Å². The van der Waals surface area contributed by atoms with Gasteiger partial charge in [0.1, 0.15) is 0 Å². The summed E-state index contributed by atoms with van der Waals surface area (Å²) < 4.78 is 27.6. The molecular weight excluding hydrogens is 392 g/mol. The first-order valence-corrected chi connectivity index (χ1v) is 11.7. The van der Waals surface area contributed by atoms with E-state index in [2.05, 4.69) is 22.5 Å². The molecule has 0 unspecified atom stereocenters. The third kappa shape index (κ3) is 3.69. The topological polar surface area (TPSA) is 68.5 Å². The highest BCUT2D eigenvalue weighted by Gasteiger charge is 2.19. The number of para-hydroxylation sites is 1. The van der Waals surface area contributed by atoms with E-state index in [0.717, 1.165) is 16.6 Å². The number of benzene rings is 2. The van der Waals surface area contributed by atoms with Gasteiger partial charge in [-0.25, -0.2) is 8.42 Å². The Hall–Kier alpha value is -2.25. The van der Waals surface area contributed by atoms with Crippen LogP contribution in [0.2, 0.25) is 0 Å². The molecule has 0 aliphatic rings. The summed E-state index contributed by atoms with van der Waals surface area (Å²) in [5.41, 5.74) is 2.73. The van der Waals surface area contributed by atoms with Gasteiger partial charge in [0.15, 0.2) is 14.6 Å². The van der Waals surface area contributed by atoms with Crippen molar-refractivity contribution in [1.29, 1.82) is 0 Å². The number of hydrogen-bond donors (Lipinski definition) is 0. The lowest BCUT2D eigenvalue weighted by Crippen LogP contribution is -2.17. The van der Waals surface area contributed by atoms with Crippen molar-refractivity contribution in [2.24, 2.45) is 4.99 Å². The summed E-state index contributed by atoms with van der Waals surface area (Å²) in [7, 11) is -3.36. The Bertz CT molecular complexity index is 1180. The smallest absolute Gasteiger partial charge is 0.279 e. The molecule has 3 aromatic rings. The van der Waals surface area contributed by atoms with Crippen LogP contribution in [0.4, 0.5) is 0 Å². The van der Waals surface area contributed by atoms with E-state index in [4.69, 9.17) is 0 Å². The van der Waals surface area contributed by atoms with Gasteiger partial charge in [-0.05, 0) is 63.1 Å².